The number of amides is 1. The van der Waals surface area contributed by atoms with Gasteiger partial charge in [-0.2, -0.15) is 0 Å². The summed E-state index contributed by atoms with van der Waals surface area (Å²) in [6.07, 6.45) is 7.35. The topological polar surface area (TPSA) is 46.9 Å². The molecule has 0 fully saturated rings. The van der Waals surface area contributed by atoms with E-state index in [-0.39, 0.29) is 5.91 Å². The molecule has 0 aliphatic heterocycles. The maximum atomic E-state index is 11.4. The molecule has 0 radical (unpaired) electrons. The summed E-state index contributed by atoms with van der Waals surface area (Å²) in [4.78, 5) is 16.3. The maximum absolute atomic E-state index is 11.4. The van der Waals surface area contributed by atoms with Crippen molar-refractivity contribution < 1.29 is 4.79 Å². The highest BCUT2D eigenvalue weighted by molar-refractivity contribution is 9.10. The maximum Gasteiger partial charge on any atom is 0.243 e. The van der Waals surface area contributed by atoms with Crippen LogP contribution in [0.1, 0.15) is 37.6 Å². The molecule has 1 amide bonds. The van der Waals surface area contributed by atoms with Gasteiger partial charge in [0, 0.05) is 24.0 Å². The van der Waals surface area contributed by atoms with Gasteiger partial charge in [-0.05, 0) is 55.7 Å². The number of para-hydroxylation sites is 2. The van der Waals surface area contributed by atoms with Crippen LogP contribution in [0.15, 0.2) is 65.2 Å². The van der Waals surface area contributed by atoms with Gasteiger partial charge in [0.2, 0.25) is 5.91 Å². The molecule has 0 aliphatic carbocycles. The highest BCUT2D eigenvalue weighted by Crippen LogP contribution is 2.21. The van der Waals surface area contributed by atoms with Crippen molar-refractivity contribution in [2.24, 2.45) is 0 Å². The van der Waals surface area contributed by atoms with Gasteiger partial charge in [0.05, 0.1) is 11.0 Å². The number of carbonyl (C=O) groups is 1. The van der Waals surface area contributed by atoms with E-state index >= 15 is 0 Å². The SMILES string of the molecule is C/C=C/C(=O)NCCCCCc1nc2ccccc2n1Cc1cccc(Br)c1. The van der Waals surface area contributed by atoms with E-state index in [1.807, 2.05) is 19.1 Å². The first kappa shape index (κ1) is 20.3. The van der Waals surface area contributed by atoms with Gasteiger partial charge in [-0.3, -0.25) is 4.79 Å². The second-order valence-corrected chi connectivity index (χ2v) is 7.75. The number of aromatic nitrogens is 2. The minimum atomic E-state index is -0.0154. The third kappa shape index (κ3) is 5.55. The molecule has 2 aromatic carbocycles. The molecule has 4 nitrogen and oxygen atoms in total. The molecule has 5 heteroatoms. The summed E-state index contributed by atoms with van der Waals surface area (Å²) in [5.74, 6) is 1.11. The largest absolute Gasteiger partial charge is 0.353 e. The molecule has 1 N–H and O–H groups in total. The zero-order valence-electron chi connectivity index (χ0n) is 16.2. The molecule has 0 aliphatic rings. The Labute approximate surface area is 174 Å². The van der Waals surface area contributed by atoms with Crippen LogP contribution in [-0.2, 0) is 17.8 Å². The average Bonchev–Trinajstić information content (AvgIpc) is 3.02. The number of allylic oxidation sites excluding steroid dienone is 1. The van der Waals surface area contributed by atoms with Crippen LogP contribution in [0.3, 0.4) is 0 Å². The molecule has 0 bridgehead atoms. The molecule has 0 atom stereocenters. The predicted molar refractivity (Wildman–Crippen MR) is 118 cm³/mol. The first-order chi connectivity index (χ1) is 13.7. The van der Waals surface area contributed by atoms with E-state index in [4.69, 9.17) is 4.98 Å². The van der Waals surface area contributed by atoms with Crippen LogP contribution in [0.5, 0.6) is 0 Å². The number of hydrogen-bond donors (Lipinski definition) is 1. The van der Waals surface area contributed by atoms with E-state index < -0.39 is 0 Å². The van der Waals surface area contributed by atoms with E-state index in [0.717, 1.165) is 54.6 Å². The number of unbranched alkanes of at least 4 members (excludes halogenated alkanes) is 2. The number of rotatable bonds is 9. The summed E-state index contributed by atoms with van der Waals surface area (Å²) in [6.45, 7) is 3.38. The fourth-order valence-electron chi connectivity index (χ4n) is 3.32. The number of nitrogens with zero attached hydrogens (tertiary/aromatic N) is 2. The number of aryl methyl sites for hydroxylation is 1. The van der Waals surface area contributed by atoms with Crippen LogP contribution in [-0.4, -0.2) is 22.0 Å². The molecule has 1 heterocycles. The quantitative estimate of drug-likeness (QED) is 0.365. The van der Waals surface area contributed by atoms with Crippen molar-refractivity contribution in [1.29, 1.82) is 0 Å². The molecular formula is C23H26BrN3O. The minimum Gasteiger partial charge on any atom is -0.353 e. The lowest BCUT2D eigenvalue weighted by Crippen LogP contribution is -2.21. The van der Waals surface area contributed by atoms with E-state index in [2.05, 4.69) is 62.2 Å². The number of imidazole rings is 1. The Morgan fingerprint density at radius 2 is 2.00 bits per heavy atom. The first-order valence-electron chi connectivity index (χ1n) is 9.76. The first-order valence-corrected chi connectivity index (χ1v) is 10.6. The summed E-state index contributed by atoms with van der Waals surface area (Å²) in [6, 6.07) is 16.7. The van der Waals surface area contributed by atoms with E-state index in [1.54, 1.807) is 12.2 Å². The van der Waals surface area contributed by atoms with Crippen molar-refractivity contribution >= 4 is 32.9 Å². The zero-order valence-corrected chi connectivity index (χ0v) is 17.8. The molecule has 3 rings (SSSR count). The van der Waals surface area contributed by atoms with Crippen molar-refractivity contribution in [3.8, 4) is 0 Å². The standard InChI is InChI=1S/C23H26BrN3O/c1-2-9-23(28)25-15-7-3-4-14-22-26-20-12-5-6-13-21(20)27(22)17-18-10-8-11-19(24)16-18/h2,5-6,8-13,16H,3-4,7,14-15,17H2,1H3,(H,25,28)/b9-2+. The molecule has 0 saturated carbocycles. The van der Waals surface area contributed by atoms with Gasteiger partial charge >= 0.3 is 0 Å². The number of halogens is 1. The van der Waals surface area contributed by atoms with Gasteiger partial charge in [0.1, 0.15) is 5.82 Å². The number of fused-ring (bicyclic) bond motifs is 1. The second-order valence-electron chi connectivity index (χ2n) is 6.83. The summed E-state index contributed by atoms with van der Waals surface area (Å²) < 4.78 is 3.42. The molecular weight excluding hydrogens is 414 g/mol. The van der Waals surface area contributed by atoms with Crippen molar-refractivity contribution in [3.05, 3.63) is 76.5 Å². The molecule has 1 aromatic heterocycles. The fourth-order valence-corrected chi connectivity index (χ4v) is 3.76. The number of carbonyl (C=O) groups excluding carboxylic acids is 1. The molecule has 28 heavy (non-hydrogen) atoms. The number of hydrogen-bond acceptors (Lipinski definition) is 2. The van der Waals surface area contributed by atoms with Crippen LogP contribution in [0.25, 0.3) is 11.0 Å². The van der Waals surface area contributed by atoms with Crippen LogP contribution in [0, 0.1) is 0 Å². The summed E-state index contributed by atoms with van der Waals surface area (Å²) >= 11 is 3.56. The Morgan fingerprint density at radius 3 is 2.82 bits per heavy atom. The molecule has 0 unspecified atom stereocenters. The van der Waals surface area contributed by atoms with Gasteiger partial charge in [-0.1, -0.05) is 52.7 Å². The monoisotopic (exact) mass is 439 g/mol. The predicted octanol–water partition coefficient (Wildman–Crippen LogP) is 5.25. The lowest BCUT2D eigenvalue weighted by Gasteiger charge is -2.10. The Morgan fingerprint density at radius 1 is 1.14 bits per heavy atom. The Balaban J connectivity index is 1.63. The van der Waals surface area contributed by atoms with Crippen molar-refractivity contribution in [1.82, 2.24) is 14.9 Å². The smallest absolute Gasteiger partial charge is 0.243 e. The van der Waals surface area contributed by atoms with Crippen molar-refractivity contribution in [2.45, 2.75) is 39.2 Å². The number of nitrogens with one attached hydrogen (secondary N) is 1. The zero-order chi connectivity index (χ0) is 19.8. The van der Waals surface area contributed by atoms with Gasteiger partial charge in [-0.25, -0.2) is 4.98 Å². The Kier molecular flexibility index (Phi) is 7.43. The molecule has 0 saturated heterocycles. The number of benzene rings is 2. The highest BCUT2D eigenvalue weighted by Gasteiger charge is 2.11. The lowest BCUT2D eigenvalue weighted by molar-refractivity contribution is -0.116. The highest BCUT2D eigenvalue weighted by atomic mass is 79.9. The minimum absolute atomic E-state index is 0.0154. The van der Waals surface area contributed by atoms with Crippen LogP contribution < -0.4 is 5.32 Å². The van der Waals surface area contributed by atoms with E-state index in [1.165, 1.54) is 11.1 Å². The Hall–Kier alpha value is -2.40. The van der Waals surface area contributed by atoms with Crippen LogP contribution in [0.2, 0.25) is 0 Å². The summed E-state index contributed by atoms with van der Waals surface area (Å²) in [7, 11) is 0. The van der Waals surface area contributed by atoms with E-state index in [0.29, 0.717) is 0 Å². The molecule has 3 aromatic rings. The normalized spacial score (nSPS) is 11.4. The second kappa shape index (κ2) is 10.2. The third-order valence-corrected chi connectivity index (χ3v) is 5.15. The van der Waals surface area contributed by atoms with Crippen molar-refractivity contribution in [3.63, 3.8) is 0 Å². The van der Waals surface area contributed by atoms with Crippen LogP contribution >= 0.6 is 15.9 Å². The Bertz CT molecular complexity index is 961. The van der Waals surface area contributed by atoms with Gasteiger partial charge in [-0.15, -0.1) is 0 Å². The lowest BCUT2D eigenvalue weighted by atomic mass is 10.1. The third-order valence-electron chi connectivity index (χ3n) is 4.66. The summed E-state index contributed by atoms with van der Waals surface area (Å²) in [5, 5.41) is 2.90. The fraction of sp³-hybridized carbons (Fsp3) is 0.304. The average molecular weight is 440 g/mol. The molecule has 146 valence electrons. The van der Waals surface area contributed by atoms with Crippen LogP contribution in [0.4, 0.5) is 0 Å². The van der Waals surface area contributed by atoms with Gasteiger partial charge < -0.3 is 9.88 Å². The molecule has 0 spiro atoms. The van der Waals surface area contributed by atoms with Crippen molar-refractivity contribution in [2.75, 3.05) is 6.54 Å². The van der Waals surface area contributed by atoms with Gasteiger partial charge in [0.25, 0.3) is 0 Å². The summed E-state index contributed by atoms with van der Waals surface area (Å²) in [5.41, 5.74) is 3.48. The van der Waals surface area contributed by atoms with Gasteiger partial charge in [0.15, 0.2) is 0 Å². The van der Waals surface area contributed by atoms with E-state index in [9.17, 15) is 4.79 Å².